The summed E-state index contributed by atoms with van der Waals surface area (Å²) in [5.41, 5.74) is 0.514. The summed E-state index contributed by atoms with van der Waals surface area (Å²) in [6.07, 6.45) is 9.78. The second-order valence-electron chi connectivity index (χ2n) is 6.21. The summed E-state index contributed by atoms with van der Waals surface area (Å²) in [6, 6.07) is -0.636. The molecule has 2 unspecified atom stereocenters. The van der Waals surface area contributed by atoms with E-state index < -0.39 is 0 Å². The van der Waals surface area contributed by atoms with Gasteiger partial charge in [-0.1, -0.05) is 5.92 Å². The lowest BCUT2D eigenvalue weighted by Crippen LogP contribution is -2.41. The fourth-order valence-corrected chi connectivity index (χ4v) is 2.17. The molecule has 0 aromatic carbocycles. The number of nitrogens with zero attached hydrogens (tertiary/aromatic N) is 2. The van der Waals surface area contributed by atoms with Crippen molar-refractivity contribution >= 4 is 11.7 Å². The Kier molecular flexibility index (Phi) is 4.53. The number of aromatic nitrogens is 2. The van der Waals surface area contributed by atoms with Crippen LogP contribution >= 0.6 is 0 Å². The monoisotopic (exact) mass is 290 g/mol. The summed E-state index contributed by atoms with van der Waals surface area (Å²) >= 11 is 0. The minimum absolute atomic E-state index is 0.126. The molecule has 1 fully saturated rings. The lowest BCUT2D eigenvalue weighted by molar-refractivity contribution is 0.181. The highest BCUT2D eigenvalue weighted by molar-refractivity contribution is 5.89. The van der Waals surface area contributed by atoms with Gasteiger partial charge in [0.15, 0.2) is 0 Å². The Morgan fingerprint density at radius 3 is 2.90 bits per heavy atom. The number of carbonyl (C=O) groups excluding carboxylic acids is 1. The van der Waals surface area contributed by atoms with E-state index >= 15 is 0 Å². The predicted octanol–water partition coefficient (Wildman–Crippen LogP) is 1.80. The molecule has 0 radical (unpaired) electrons. The van der Waals surface area contributed by atoms with E-state index in [9.17, 15) is 4.79 Å². The Bertz CT molecular complexity index is 533. The highest BCUT2D eigenvalue weighted by atomic mass is 16.5. The minimum Gasteiger partial charge on any atom is -0.381 e. The average Bonchev–Trinajstić information content (AvgIpc) is 3.05. The van der Waals surface area contributed by atoms with Crippen molar-refractivity contribution in [1.29, 1.82) is 0 Å². The third-order valence-electron chi connectivity index (χ3n) is 3.43. The van der Waals surface area contributed by atoms with E-state index in [0.29, 0.717) is 18.9 Å². The number of amides is 2. The summed E-state index contributed by atoms with van der Waals surface area (Å²) in [6.45, 7) is 7.41. The van der Waals surface area contributed by atoms with E-state index in [2.05, 4.69) is 21.7 Å². The first-order valence-corrected chi connectivity index (χ1v) is 7.06. The second-order valence-corrected chi connectivity index (χ2v) is 6.21. The first kappa shape index (κ1) is 15.4. The fourth-order valence-electron chi connectivity index (χ4n) is 2.17. The molecule has 1 aromatic heterocycles. The molecule has 1 aliphatic rings. The van der Waals surface area contributed by atoms with E-state index in [-0.39, 0.29) is 23.5 Å². The van der Waals surface area contributed by atoms with Crippen molar-refractivity contribution in [2.24, 2.45) is 5.92 Å². The van der Waals surface area contributed by atoms with Gasteiger partial charge in [-0.25, -0.2) is 4.79 Å². The van der Waals surface area contributed by atoms with Crippen molar-refractivity contribution in [3.63, 3.8) is 0 Å². The smallest absolute Gasteiger partial charge is 0.320 e. The fraction of sp³-hybridized carbons (Fsp3) is 0.600. The molecule has 0 bridgehead atoms. The van der Waals surface area contributed by atoms with Gasteiger partial charge in [0.05, 0.1) is 30.1 Å². The maximum atomic E-state index is 12.0. The third-order valence-corrected chi connectivity index (χ3v) is 3.43. The molecule has 21 heavy (non-hydrogen) atoms. The topological polar surface area (TPSA) is 68.2 Å². The predicted molar refractivity (Wildman–Crippen MR) is 80.9 cm³/mol. The van der Waals surface area contributed by atoms with Crippen molar-refractivity contribution in [3.05, 3.63) is 12.4 Å². The van der Waals surface area contributed by atoms with Gasteiger partial charge in [-0.3, -0.25) is 4.68 Å². The van der Waals surface area contributed by atoms with Crippen molar-refractivity contribution in [2.45, 2.75) is 38.8 Å². The first-order valence-electron chi connectivity index (χ1n) is 7.06. The van der Waals surface area contributed by atoms with Gasteiger partial charge in [-0.15, -0.1) is 6.42 Å². The van der Waals surface area contributed by atoms with Crippen LogP contribution in [0.2, 0.25) is 0 Å². The quantitative estimate of drug-likeness (QED) is 0.834. The van der Waals surface area contributed by atoms with Crippen LogP contribution in [0.15, 0.2) is 12.4 Å². The van der Waals surface area contributed by atoms with Crippen LogP contribution in [0.1, 0.15) is 27.2 Å². The molecule has 2 atom stereocenters. The van der Waals surface area contributed by atoms with E-state index in [1.165, 1.54) is 0 Å². The average molecular weight is 290 g/mol. The van der Waals surface area contributed by atoms with Crippen LogP contribution in [0.4, 0.5) is 10.5 Å². The maximum Gasteiger partial charge on any atom is 0.320 e. The largest absolute Gasteiger partial charge is 0.381 e. The molecule has 2 rings (SSSR count). The zero-order valence-electron chi connectivity index (χ0n) is 12.7. The molecule has 0 aliphatic carbocycles. The number of urea groups is 1. The van der Waals surface area contributed by atoms with E-state index in [4.69, 9.17) is 11.2 Å². The van der Waals surface area contributed by atoms with Gasteiger partial charge >= 0.3 is 6.03 Å². The highest BCUT2D eigenvalue weighted by Crippen LogP contribution is 2.17. The Hall–Kier alpha value is -2.00. The number of hydrogen-bond donors (Lipinski definition) is 2. The molecule has 2 N–H and O–H groups in total. The van der Waals surface area contributed by atoms with Crippen LogP contribution in [0, 0.1) is 18.3 Å². The molecule has 2 amide bonds. The van der Waals surface area contributed by atoms with Crippen LogP contribution in [-0.2, 0) is 10.3 Å². The number of terminal acetylenes is 1. The van der Waals surface area contributed by atoms with Crippen LogP contribution in [0.3, 0.4) is 0 Å². The number of hydrogen-bond acceptors (Lipinski definition) is 3. The van der Waals surface area contributed by atoms with Crippen molar-refractivity contribution in [1.82, 2.24) is 15.1 Å². The molecule has 114 valence electrons. The van der Waals surface area contributed by atoms with Crippen molar-refractivity contribution in [3.8, 4) is 12.3 Å². The van der Waals surface area contributed by atoms with E-state index in [1.54, 1.807) is 17.1 Å². The number of ether oxygens (including phenoxy) is 1. The van der Waals surface area contributed by atoms with Crippen molar-refractivity contribution < 1.29 is 9.53 Å². The minimum atomic E-state index is -0.321. The number of anilines is 1. The van der Waals surface area contributed by atoms with Crippen LogP contribution in [-0.4, -0.2) is 35.1 Å². The molecule has 2 heterocycles. The molecule has 1 aliphatic heterocycles. The molecule has 0 saturated carbocycles. The lowest BCUT2D eigenvalue weighted by Gasteiger charge is -2.19. The van der Waals surface area contributed by atoms with E-state index in [0.717, 1.165) is 6.42 Å². The molecule has 6 heteroatoms. The van der Waals surface area contributed by atoms with Crippen LogP contribution in [0.5, 0.6) is 0 Å². The molecular formula is C15H22N4O2. The van der Waals surface area contributed by atoms with Crippen LogP contribution in [0.25, 0.3) is 0 Å². The van der Waals surface area contributed by atoms with Gasteiger partial charge in [0.25, 0.3) is 0 Å². The molecule has 1 aromatic rings. The summed E-state index contributed by atoms with van der Waals surface area (Å²) in [7, 11) is 0. The maximum absolute atomic E-state index is 12.0. The summed E-state index contributed by atoms with van der Waals surface area (Å²) in [4.78, 5) is 12.0. The zero-order chi connectivity index (χ0) is 15.5. The summed E-state index contributed by atoms with van der Waals surface area (Å²) in [5.74, 6) is 2.80. The zero-order valence-corrected chi connectivity index (χ0v) is 12.7. The highest BCUT2D eigenvalue weighted by Gasteiger charge is 2.25. The van der Waals surface area contributed by atoms with Gasteiger partial charge < -0.3 is 15.4 Å². The standard InChI is InChI=1S/C15H22N4O2/c1-5-13(11-6-7-21-10-11)18-14(20)17-12-8-16-19(9-12)15(2,3)4/h1,8-9,11,13H,6-7,10H2,2-4H3,(H2,17,18,20). The van der Waals surface area contributed by atoms with E-state index in [1.807, 2.05) is 20.8 Å². The van der Waals surface area contributed by atoms with Gasteiger partial charge in [0.1, 0.15) is 0 Å². The van der Waals surface area contributed by atoms with Crippen LogP contribution < -0.4 is 10.6 Å². The number of nitrogens with one attached hydrogen (secondary N) is 2. The number of rotatable bonds is 3. The molecule has 0 spiro atoms. The number of carbonyl (C=O) groups is 1. The van der Waals surface area contributed by atoms with Gasteiger partial charge in [-0.2, -0.15) is 5.10 Å². The second kappa shape index (κ2) is 6.19. The molecule has 6 nitrogen and oxygen atoms in total. The SMILES string of the molecule is C#CC(NC(=O)Nc1cnn(C(C)(C)C)c1)C1CCOC1. The normalized spacial score (nSPS) is 19.8. The summed E-state index contributed by atoms with van der Waals surface area (Å²) < 4.78 is 7.10. The Morgan fingerprint density at radius 2 is 2.38 bits per heavy atom. The Morgan fingerprint density at radius 1 is 1.62 bits per heavy atom. The van der Waals surface area contributed by atoms with Gasteiger partial charge in [0, 0.05) is 18.7 Å². The Labute approximate surface area is 125 Å². The lowest BCUT2D eigenvalue weighted by atomic mass is 10.00. The van der Waals surface area contributed by atoms with Gasteiger partial charge in [0.2, 0.25) is 0 Å². The molecule has 1 saturated heterocycles. The third kappa shape index (κ3) is 3.99. The Balaban J connectivity index is 1.92. The first-order chi connectivity index (χ1) is 9.90. The summed E-state index contributed by atoms with van der Waals surface area (Å²) in [5, 5.41) is 9.79. The molecular weight excluding hydrogens is 268 g/mol. The van der Waals surface area contributed by atoms with Gasteiger partial charge in [-0.05, 0) is 27.2 Å². The van der Waals surface area contributed by atoms with Crippen molar-refractivity contribution in [2.75, 3.05) is 18.5 Å².